The molecule has 25 heavy (non-hydrogen) atoms. The predicted molar refractivity (Wildman–Crippen MR) is 95.7 cm³/mol. The summed E-state index contributed by atoms with van der Waals surface area (Å²) in [5, 5.41) is 5.37. The van der Waals surface area contributed by atoms with Crippen LogP contribution < -0.4 is 10.6 Å². The highest BCUT2D eigenvalue weighted by Gasteiger charge is 2.34. The minimum atomic E-state index is -0.558. The summed E-state index contributed by atoms with van der Waals surface area (Å²) >= 11 is 3.39. The summed E-state index contributed by atoms with van der Waals surface area (Å²) in [5.74, 6) is -0.817. The predicted octanol–water partition coefficient (Wildman–Crippen LogP) is 1.80. The Kier molecular flexibility index (Phi) is 7.24. The Morgan fingerprint density at radius 3 is 2.84 bits per heavy atom. The van der Waals surface area contributed by atoms with Crippen molar-refractivity contribution in [2.75, 3.05) is 19.7 Å². The fourth-order valence-electron chi connectivity index (χ4n) is 2.70. The molecule has 0 spiro atoms. The highest BCUT2D eigenvalue weighted by Crippen LogP contribution is 2.18. The van der Waals surface area contributed by atoms with Crippen LogP contribution in [-0.2, 0) is 20.9 Å². The van der Waals surface area contributed by atoms with E-state index in [1.165, 1.54) is 4.90 Å². The zero-order chi connectivity index (χ0) is 18.2. The van der Waals surface area contributed by atoms with Crippen molar-refractivity contribution in [2.24, 2.45) is 0 Å². The Balaban J connectivity index is 1.85. The van der Waals surface area contributed by atoms with Gasteiger partial charge >= 0.3 is 12.0 Å². The molecule has 2 rings (SSSR count). The number of urea groups is 1. The molecule has 1 saturated heterocycles. The first-order valence-electron chi connectivity index (χ1n) is 8.23. The Morgan fingerprint density at radius 2 is 2.12 bits per heavy atom. The van der Waals surface area contributed by atoms with Crippen molar-refractivity contribution >= 4 is 33.8 Å². The van der Waals surface area contributed by atoms with Crippen molar-refractivity contribution < 1.29 is 19.1 Å². The number of carbonyl (C=O) groups excluding carboxylic acids is 3. The molecule has 1 aromatic carbocycles. The van der Waals surface area contributed by atoms with Crippen molar-refractivity contribution in [3.63, 3.8) is 0 Å². The maximum atomic E-state index is 12.4. The Bertz CT molecular complexity index is 638. The SMILES string of the molecule is CCOC(=O)CNC(=O)[C@@H]1CCCN1C(=O)NCc1cccc(Br)c1. The molecule has 8 heteroatoms. The maximum Gasteiger partial charge on any atom is 0.325 e. The van der Waals surface area contributed by atoms with Crippen LogP contribution in [0.3, 0.4) is 0 Å². The number of nitrogens with one attached hydrogen (secondary N) is 2. The molecule has 0 unspecified atom stereocenters. The molecule has 1 aromatic rings. The molecule has 1 aliphatic heterocycles. The minimum absolute atomic E-state index is 0.184. The monoisotopic (exact) mass is 411 g/mol. The summed E-state index contributed by atoms with van der Waals surface area (Å²) < 4.78 is 5.72. The van der Waals surface area contributed by atoms with Crippen LogP contribution >= 0.6 is 15.9 Å². The van der Waals surface area contributed by atoms with E-state index in [-0.39, 0.29) is 25.1 Å². The molecule has 0 bridgehead atoms. The van der Waals surface area contributed by atoms with E-state index in [1.807, 2.05) is 24.3 Å². The number of benzene rings is 1. The van der Waals surface area contributed by atoms with Gasteiger partial charge in [-0.1, -0.05) is 28.1 Å². The normalized spacial score (nSPS) is 16.4. The third kappa shape index (κ3) is 5.74. The number of halogens is 1. The van der Waals surface area contributed by atoms with E-state index < -0.39 is 12.0 Å². The summed E-state index contributed by atoms with van der Waals surface area (Å²) in [6.07, 6.45) is 1.33. The van der Waals surface area contributed by atoms with E-state index in [2.05, 4.69) is 26.6 Å². The van der Waals surface area contributed by atoms with Gasteiger partial charge < -0.3 is 20.3 Å². The lowest BCUT2D eigenvalue weighted by molar-refractivity contribution is -0.143. The molecule has 0 aromatic heterocycles. The molecule has 3 amide bonds. The van der Waals surface area contributed by atoms with Gasteiger partial charge in [-0.05, 0) is 37.5 Å². The molecular formula is C17H22BrN3O4. The topological polar surface area (TPSA) is 87.7 Å². The van der Waals surface area contributed by atoms with Gasteiger partial charge in [-0.25, -0.2) is 4.79 Å². The summed E-state index contributed by atoms with van der Waals surface area (Å²) in [7, 11) is 0. The van der Waals surface area contributed by atoms with Crippen molar-refractivity contribution in [1.82, 2.24) is 15.5 Å². The van der Waals surface area contributed by atoms with Crippen LogP contribution in [0.25, 0.3) is 0 Å². The standard InChI is InChI=1S/C17H22BrN3O4/c1-2-25-15(22)11-19-16(23)14-7-4-8-21(14)17(24)20-10-12-5-3-6-13(18)9-12/h3,5-6,9,14H,2,4,7-8,10-11H2,1H3,(H,19,23)(H,20,24)/t14-/m0/s1. The Hall–Kier alpha value is -2.09. The van der Waals surface area contributed by atoms with E-state index in [0.29, 0.717) is 19.5 Å². The van der Waals surface area contributed by atoms with Crippen molar-refractivity contribution in [2.45, 2.75) is 32.4 Å². The van der Waals surface area contributed by atoms with E-state index in [0.717, 1.165) is 16.5 Å². The number of esters is 1. The summed E-state index contributed by atoms with van der Waals surface area (Å²) in [6, 6.07) is 6.81. The summed E-state index contributed by atoms with van der Waals surface area (Å²) in [5.41, 5.74) is 0.963. The molecule has 0 radical (unpaired) electrons. The fraction of sp³-hybridized carbons (Fsp3) is 0.471. The van der Waals surface area contributed by atoms with Gasteiger partial charge in [0.1, 0.15) is 12.6 Å². The van der Waals surface area contributed by atoms with Gasteiger partial charge in [-0.2, -0.15) is 0 Å². The first-order valence-corrected chi connectivity index (χ1v) is 9.02. The lowest BCUT2D eigenvalue weighted by Crippen LogP contribution is -2.50. The molecule has 0 aliphatic carbocycles. The molecule has 2 N–H and O–H groups in total. The molecule has 1 atom stereocenters. The largest absolute Gasteiger partial charge is 0.465 e. The third-order valence-corrected chi connectivity index (χ3v) is 4.35. The number of carbonyl (C=O) groups is 3. The number of ether oxygens (including phenoxy) is 1. The number of nitrogens with zero attached hydrogens (tertiary/aromatic N) is 1. The number of hydrogen-bond acceptors (Lipinski definition) is 4. The van der Waals surface area contributed by atoms with E-state index in [9.17, 15) is 14.4 Å². The zero-order valence-electron chi connectivity index (χ0n) is 14.1. The van der Waals surface area contributed by atoms with Crippen molar-refractivity contribution in [3.8, 4) is 0 Å². The molecule has 7 nitrogen and oxygen atoms in total. The van der Waals surface area contributed by atoms with Crippen molar-refractivity contribution in [3.05, 3.63) is 34.3 Å². The zero-order valence-corrected chi connectivity index (χ0v) is 15.7. The van der Waals surface area contributed by atoms with Gasteiger partial charge in [0.15, 0.2) is 0 Å². The molecule has 1 fully saturated rings. The molecular weight excluding hydrogens is 390 g/mol. The molecule has 1 heterocycles. The van der Waals surface area contributed by atoms with Gasteiger partial charge in [-0.15, -0.1) is 0 Å². The van der Waals surface area contributed by atoms with Crippen LogP contribution in [0, 0.1) is 0 Å². The highest BCUT2D eigenvalue weighted by atomic mass is 79.9. The Morgan fingerprint density at radius 1 is 1.32 bits per heavy atom. The van der Waals surface area contributed by atoms with Crippen LogP contribution in [0.5, 0.6) is 0 Å². The maximum absolute atomic E-state index is 12.4. The van der Waals surface area contributed by atoms with Crippen LogP contribution in [0.15, 0.2) is 28.7 Å². The van der Waals surface area contributed by atoms with Gasteiger partial charge in [0.05, 0.1) is 6.61 Å². The van der Waals surface area contributed by atoms with Gasteiger partial charge in [-0.3, -0.25) is 9.59 Å². The average Bonchev–Trinajstić information content (AvgIpc) is 3.08. The quantitative estimate of drug-likeness (QED) is 0.698. The summed E-state index contributed by atoms with van der Waals surface area (Å²) in [6.45, 7) is 2.68. The second-order valence-corrected chi connectivity index (χ2v) is 6.58. The van der Waals surface area contributed by atoms with E-state index in [1.54, 1.807) is 6.92 Å². The number of amides is 3. The van der Waals surface area contributed by atoms with Crippen molar-refractivity contribution in [1.29, 1.82) is 0 Å². The number of hydrogen-bond donors (Lipinski definition) is 2. The minimum Gasteiger partial charge on any atom is -0.465 e. The molecule has 1 aliphatic rings. The lowest BCUT2D eigenvalue weighted by atomic mass is 10.2. The second-order valence-electron chi connectivity index (χ2n) is 5.66. The first kappa shape index (κ1) is 19.2. The van der Waals surface area contributed by atoms with E-state index >= 15 is 0 Å². The first-order chi connectivity index (χ1) is 12.0. The molecule has 0 saturated carbocycles. The number of likely N-dealkylation sites (tertiary alicyclic amines) is 1. The van der Waals surface area contributed by atoms with Crippen LogP contribution in [0.4, 0.5) is 4.79 Å². The average molecular weight is 412 g/mol. The van der Waals surface area contributed by atoms with E-state index in [4.69, 9.17) is 4.74 Å². The van der Waals surface area contributed by atoms with Crippen LogP contribution in [-0.4, -0.2) is 48.5 Å². The lowest BCUT2D eigenvalue weighted by Gasteiger charge is -2.24. The third-order valence-electron chi connectivity index (χ3n) is 3.86. The van der Waals surface area contributed by atoms with Crippen LogP contribution in [0.1, 0.15) is 25.3 Å². The fourth-order valence-corrected chi connectivity index (χ4v) is 3.14. The number of rotatable bonds is 6. The smallest absolute Gasteiger partial charge is 0.325 e. The molecule has 136 valence electrons. The van der Waals surface area contributed by atoms with Gasteiger partial charge in [0.2, 0.25) is 5.91 Å². The highest BCUT2D eigenvalue weighted by molar-refractivity contribution is 9.10. The second kappa shape index (κ2) is 9.41. The van der Waals surface area contributed by atoms with Crippen LogP contribution in [0.2, 0.25) is 0 Å². The summed E-state index contributed by atoms with van der Waals surface area (Å²) in [4.78, 5) is 37.5. The Labute approximate surface area is 155 Å². The van der Waals surface area contributed by atoms with Gasteiger partial charge in [0.25, 0.3) is 0 Å². The van der Waals surface area contributed by atoms with Gasteiger partial charge in [0, 0.05) is 17.6 Å².